The molecule has 0 bridgehead atoms. The molecule has 0 aliphatic carbocycles. The van der Waals surface area contributed by atoms with E-state index in [2.05, 4.69) is 54.7 Å². The largest absolute Gasteiger partial charge is 0.362 e. The van der Waals surface area contributed by atoms with E-state index < -0.39 is 0 Å². The summed E-state index contributed by atoms with van der Waals surface area (Å²) in [5.74, 6) is 1.49. The van der Waals surface area contributed by atoms with Gasteiger partial charge in [0, 0.05) is 11.1 Å². The van der Waals surface area contributed by atoms with Crippen LogP contribution in [-0.2, 0) is 0 Å². The lowest BCUT2D eigenvalue weighted by atomic mass is 10.0. The van der Waals surface area contributed by atoms with Gasteiger partial charge in [-0.05, 0) is 35.9 Å². The number of hydrogen-bond donors (Lipinski definition) is 1. The van der Waals surface area contributed by atoms with Crippen molar-refractivity contribution in [2.45, 2.75) is 26.8 Å². The molecule has 2 rings (SSSR count). The average Bonchev–Trinajstić information content (AvgIpc) is 2.81. The van der Waals surface area contributed by atoms with Crippen LogP contribution in [0.25, 0.3) is 0 Å². The van der Waals surface area contributed by atoms with Crippen LogP contribution in [0.3, 0.4) is 0 Å². The van der Waals surface area contributed by atoms with E-state index in [1.807, 2.05) is 12.3 Å². The SMILES string of the molecule is Cc1ccc(NC(c2cccs2)C(C)C)nc1. The average molecular weight is 246 g/mol. The Kier molecular flexibility index (Phi) is 3.79. The smallest absolute Gasteiger partial charge is 0.126 e. The van der Waals surface area contributed by atoms with Crippen molar-refractivity contribution in [2.24, 2.45) is 5.92 Å². The molecule has 17 heavy (non-hydrogen) atoms. The van der Waals surface area contributed by atoms with Crippen LogP contribution in [0.5, 0.6) is 0 Å². The fraction of sp³-hybridized carbons (Fsp3) is 0.357. The Morgan fingerprint density at radius 3 is 2.59 bits per heavy atom. The highest BCUT2D eigenvalue weighted by atomic mass is 32.1. The van der Waals surface area contributed by atoms with Gasteiger partial charge in [-0.25, -0.2) is 4.98 Å². The van der Waals surface area contributed by atoms with Gasteiger partial charge in [-0.3, -0.25) is 0 Å². The molecule has 0 aliphatic rings. The highest BCUT2D eigenvalue weighted by Crippen LogP contribution is 2.28. The number of aromatic nitrogens is 1. The summed E-state index contributed by atoms with van der Waals surface area (Å²) in [7, 11) is 0. The number of nitrogens with one attached hydrogen (secondary N) is 1. The molecule has 2 heterocycles. The van der Waals surface area contributed by atoms with Gasteiger partial charge < -0.3 is 5.32 Å². The molecule has 1 N–H and O–H groups in total. The van der Waals surface area contributed by atoms with Crippen molar-refractivity contribution in [2.75, 3.05) is 5.32 Å². The van der Waals surface area contributed by atoms with Gasteiger partial charge in [-0.15, -0.1) is 11.3 Å². The van der Waals surface area contributed by atoms with Crippen molar-refractivity contribution in [3.8, 4) is 0 Å². The second kappa shape index (κ2) is 5.32. The van der Waals surface area contributed by atoms with E-state index >= 15 is 0 Å². The number of nitrogens with zero attached hydrogens (tertiary/aromatic N) is 1. The van der Waals surface area contributed by atoms with Gasteiger partial charge in [0.15, 0.2) is 0 Å². The quantitative estimate of drug-likeness (QED) is 0.872. The highest BCUT2D eigenvalue weighted by Gasteiger charge is 2.16. The zero-order valence-electron chi connectivity index (χ0n) is 10.5. The fourth-order valence-electron chi connectivity index (χ4n) is 1.75. The van der Waals surface area contributed by atoms with Gasteiger partial charge in [0.25, 0.3) is 0 Å². The van der Waals surface area contributed by atoms with Crippen LogP contribution < -0.4 is 5.32 Å². The lowest BCUT2D eigenvalue weighted by Crippen LogP contribution is -2.16. The predicted molar refractivity (Wildman–Crippen MR) is 74.5 cm³/mol. The van der Waals surface area contributed by atoms with Gasteiger partial charge in [0.2, 0.25) is 0 Å². The molecule has 1 unspecified atom stereocenters. The summed E-state index contributed by atoms with van der Waals surface area (Å²) in [5, 5.41) is 5.63. The maximum Gasteiger partial charge on any atom is 0.126 e. The van der Waals surface area contributed by atoms with Crippen LogP contribution in [0.4, 0.5) is 5.82 Å². The Hall–Kier alpha value is -1.35. The number of rotatable bonds is 4. The second-order valence-corrected chi connectivity index (χ2v) is 5.58. The van der Waals surface area contributed by atoms with E-state index in [4.69, 9.17) is 0 Å². The molecule has 0 aliphatic heterocycles. The van der Waals surface area contributed by atoms with Crippen LogP contribution in [0.15, 0.2) is 35.8 Å². The molecule has 0 fully saturated rings. The molecular weight excluding hydrogens is 228 g/mol. The van der Waals surface area contributed by atoms with E-state index in [9.17, 15) is 0 Å². The first-order valence-corrected chi connectivity index (χ1v) is 6.77. The number of thiophene rings is 1. The van der Waals surface area contributed by atoms with Gasteiger partial charge >= 0.3 is 0 Å². The lowest BCUT2D eigenvalue weighted by molar-refractivity contribution is 0.552. The Balaban J connectivity index is 2.16. The molecule has 0 amide bonds. The fourth-order valence-corrected chi connectivity index (χ4v) is 2.70. The summed E-state index contributed by atoms with van der Waals surface area (Å²) in [6.07, 6.45) is 1.90. The molecule has 2 aromatic heterocycles. The summed E-state index contributed by atoms with van der Waals surface area (Å²) in [6.45, 7) is 6.51. The van der Waals surface area contributed by atoms with Gasteiger partial charge in [-0.2, -0.15) is 0 Å². The molecule has 3 heteroatoms. The lowest BCUT2D eigenvalue weighted by Gasteiger charge is -2.21. The normalized spacial score (nSPS) is 12.7. The van der Waals surface area contributed by atoms with Crippen molar-refractivity contribution in [3.63, 3.8) is 0 Å². The van der Waals surface area contributed by atoms with Crippen LogP contribution in [0, 0.1) is 12.8 Å². The summed E-state index contributed by atoms with van der Waals surface area (Å²) in [6, 6.07) is 8.74. The zero-order chi connectivity index (χ0) is 12.3. The maximum absolute atomic E-state index is 4.40. The Morgan fingerprint density at radius 2 is 2.06 bits per heavy atom. The number of hydrogen-bond acceptors (Lipinski definition) is 3. The molecule has 0 spiro atoms. The molecule has 90 valence electrons. The predicted octanol–water partition coefficient (Wildman–Crippen LogP) is 4.26. The zero-order valence-corrected chi connectivity index (χ0v) is 11.3. The van der Waals surface area contributed by atoms with Crippen molar-refractivity contribution >= 4 is 17.2 Å². The standard InChI is InChI=1S/C14H18N2S/c1-10(2)14(12-5-4-8-17-12)16-13-7-6-11(3)9-15-13/h4-10,14H,1-3H3,(H,15,16). The van der Waals surface area contributed by atoms with Crippen LogP contribution in [-0.4, -0.2) is 4.98 Å². The van der Waals surface area contributed by atoms with Crippen molar-refractivity contribution < 1.29 is 0 Å². The van der Waals surface area contributed by atoms with E-state index in [-0.39, 0.29) is 0 Å². The number of pyridine rings is 1. The first-order chi connectivity index (χ1) is 8.16. The monoisotopic (exact) mass is 246 g/mol. The summed E-state index contributed by atoms with van der Waals surface area (Å²) >= 11 is 1.79. The van der Waals surface area contributed by atoms with Crippen LogP contribution >= 0.6 is 11.3 Å². The Labute approximate surface area is 107 Å². The van der Waals surface area contributed by atoms with Crippen LogP contribution in [0.2, 0.25) is 0 Å². The Bertz CT molecular complexity index is 446. The minimum atomic E-state index is 0.338. The third-order valence-corrected chi connectivity index (χ3v) is 3.69. The maximum atomic E-state index is 4.40. The van der Waals surface area contributed by atoms with E-state index in [0.717, 1.165) is 5.82 Å². The molecule has 2 nitrogen and oxygen atoms in total. The van der Waals surface area contributed by atoms with E-state index in [0.29, 0.717) is 12.0 Å². The molecular formula is C14H18N2S. The summed E-state index contributed by atoms with van der Waals surface area (Å²) < 4.78 is 0. The molecule has 0 saturated heterocycles. The van der Waals surface area contributed by atoms with E-state index in [1.165, 1.54) is 10.4 Å². The van der Waals surface area contributed by atoms with Crippen molar-refractivity contribution in [1.29, 1.82) is 0 Å². The first-order valence-electron chi connectivity index (χ1n) is 5.89. The summed E-state index contributed by atoms with van der Waals surface area (Å²) in [5.41, 5.74) is 1.19. The Morgan fingerprint density at radius 1 is 1.24 bits per heavy atom. The molecule has 0 radical (unpaired) electrons. The van der Waals surface area contributed by atoms with Gasteiger partial charge in [0.1, 0.15) is 5.82 Å². The first kappa shape index (κ1) is 12.1. The molecule has 2 aromatic rings. The topological polar surface area (TPSA) is 24.9 Å². The second-order valence-electron chi connectivity index (χ2n) is 4.60. The molecule has 0 aromatic carbocycles. The van der Waals surface area contributed by atoms with E-state index in [1.54, 1.807) is 11.3 Å². The van der Waals surface area contributed by atoms with Crippen LogP contribution in [0.1, 0.15) is 30.3 Å². The van der Waals surface area contributed by atoms with Crippen molar-refractivity contribution in [3.05, 3.63) is 46.3 Å². The minimum absolute atomic E-state index is 0.338. The van der Waals surface area contributed by atoms with Gasteiger partial charge in [0.05, 0.1) is 6.04 Å². The number of anilines is 1. The third-order valence-electron chi connectivity index (χ3n) is 2.73. The molecule has 1 atom stereocenters. The van der Waals surface area contributed by atoms with Crippen molar-refractivity contribution in [1.82, 2.24) is 4.98 Å². The van der Waals surface area contributed by atoms with Gasteiger partial charge in [-0.1, -0.05) is 26.0 Å². The highest BCUT2D eigenvalue weighted by molar-refractivity contribution is 7.10. The number of aryl methyl sites for hydroxylation is 1. The summed E-state index contributed by atoms with van der Waals surface area (Å²) in [4.78, 5) is 5.77. The third kappa shape index (κ3) is 3.07. The minimum Gasteiger partial charge on any atom is -0.362 e. The molecule has 0 saturated carbocycles.